The van der Waals surface area contributed by atoms with Crippen molar-refractivity contribution >= 4 is 23.4 Å². The second kappa shape index (κ2) is 12.5. The summed E-state index contributed by atoms with van der Waals surface area (Å²) >= 11 is 0. The predicted molar refractivity (Wildman–Crippen MR) is 139 cm³/mol. The summed E-state index contributed by atoms with van der Waals surface area (Å²) in [6.07, 6.45) is 2.59. The first-order valence-electron chi connectivity index (χ1n) is 11.9. The molecule has 0 amide bonds. The minimum atomic E-state index is -0.603. The summed E-state index contributed by atoms with van der Waals surface area (Å²) in [6.45, 7) is 6.21. The van der Waals surface area contributed by atoms with Crippen LogP contribution in [-0.2, 0) is 4.74 Å². The van der Waals surface area contributed by atoms with E-state index in [1.807, 2.05) is 31.3 Å². The van der Waals surface area contributed by atoms with Crippen LogP contribution in [0.5, 0.6) is 5.75 Å². The Morgan fingerprint density at radius 1 is 1.21 bits per heavy atom. The lowest BCUT2D eigenvalue weighted by molar-refractivity contribution is 0.0904. The van der Waals surface area contributed by atoms with E-state index in [1.165, 1.54) is 6.21 Å². The molecule has 9 heteroatoms. The van der Waals surface area contributed by atoms with E-state index in [4.69, 9.17) is 19.9 Å². The third kappa shape index (κ3) is 7.06. The highest BCUT2D eigenvalue weighted by Crippen LogP contribution is 2.33. The summed E-state index contributed by atoms with van der Waals surface area (Å²) in [5.74, 6) is 1.31. The fraction of sp³-hybridized carbons (Fsp3) is 0.520. The number of pyridine rings is 1. The molecule has 2 heterocycles. The van der Waals surface area contributed by atoms with Gasteiger partial charge in [-0.25, -0.2) is 4.98 Å². The average molecular weight is 471 g/mol. The lowest BCUT2D eigenvalue weighted by Gasteiger charge is -2.26. The third-order valence-corrected chi connectivity index (χ3v) is 5.58. The summed E-state index contributed by atoms with van der Waals surface area (Å²) in [6, 6.07) is 8.28. The van der Waals surface area contributed by atoms with E-state index in [0.717, 1.165) is 54.3 Å². The molecule has 6 N–H and O–H groups in total. The van der Waals surface area contributed by atoms with E-state index in [1.54, 1.807) is 7.05 Å². The number of aliphatic hydroxyl groups is 1. The Morgan fingerprint density at radius 2 is 1.97 bits per heavy atom. The van der Waals surface area contributed by atoms with Crippen molar-refractivity contribution in [3.8, 4) is 17.0 Å². The van der Waals surface area contributed by atoms with Gasteiger partial charge in [0.2, 0.25) is 0 Å². The maximum atomic E-state index is 10.0. The van der Waals surface area contributed by atoms with Crippen molar-refractivity contribution in [2.45, 2.75) is 44.9 Å². The third-order valence-electron chi connectivity index (χ3n) is 5.58. The largest absolute Gasteiger partial charge is 0.491 e. The first-order valence-corrected chi connectivity index (χ1v) is 11.9. The number of hydrogen-bond acceptors (Lipinski definition) is 9. The molecule has 0 radical (unpaired) electrons. The van der Waals surface area contributed by atoms with Gasteiger partial charge in [-0.2, -0.15) is 0 Å². The maximum absolute atomic E-state index is 10.0. The molecule has 1 unspecified atom stereocenters. The van der Waals surface area contributed by atoms with Gasteiger partial charge in [0.1, 0.15) is 24.3 Å². The summed E-state index contributed by atoms with van der Waals surface area (Å²) in [5.41, 5.74) is 4.13. The summed E-state index contributed by atoms with van der Waals surface area (Å²) < 4.78 is 11.4. The van der Waals surface area contributed by atoms with Gasteiger partial charge in [0, 0.05) is 68.1 Å². The number of nitrogens with zero attached hydrogens (tertiary/aromatic N) is 1. The van der Waals surface area contributed by atoms with E-state index >= 15 is 0 Å². The fourth-order valence-electron chi connectivity index (χ4n) is 3.88. The van der Waals surface area contributed by atoms with Gasteiger partial charge in [-0.15, -0.1) is 0 Å². The Hall–Kier alpha value is -2.88. The van der Waals surface area contributed by atoms with Crippen molar-refractivity contribution in [1.29, 1.82) is 5.41 Å². The van der Waals surface area contributed by atoms with Crippen LogP contribution in [0.15, 0.2) is 24.3 Å². The zero-order valence-electron chi connectivity index (χ0n) is 20.6. The van der Waals surface area contributed by atoms with Crippen LogP contribution >= 0.6 is 0 Å². The lowest BCUT2D eigenvalue weighted by atomic mass is 10.0. The number of aliphatic hydroxyl groups excluding tert-OH is 1. The predicted octanol–water partition coefficient (Wildman–Crippen LogP) is 3.16. The van der Waals surface area contributed by atoms with Crippen LogP contribution < -0.4 is 26.0 Å². The Kier molecular flexibility index (Phi) is 9.50. The number of benzene rings is 1. The van der Waals surface area contributed by atoms with Gasteiger partial charge in [-0.3, -0.25) is 0 Å². The van der Waals surface area contributed by atoms with E-state index in [2.05, 4.69) is 35.1 Å². The van der Waals surface area contributed by atoms with Gasteiger partial charge in [0.25, 0.3) is 0 Å². The molecule has 2 aromatic rings. The van der Waals surface area contributed by atoms with Crippen LogP contribution in [0, 0.1) is 5.41 Å². The second-order valence-electron chi connectivity index (χ2n) is 8.81. The molecule has 0 bridgehead atoms. The molecular weight excluding hydrogens is 432 g/mol. The summed E-state index contributed by atoms with van der Waals surface area (Å²) in [5, 5.41) is 31.2. The minimum absolute atomic E-state index is 0.161. The van der Waals surface area contributed by atoms with E-state index in [0.29, 0.717) is 18.1 Å². The standard InChI is InChI=1S/C25H38N6O3/c1-16(2)29-25-22(13-26)24(30-18-5-7-33-8-6-18)12-23(31-25)17-9-19(28-4)11-21(10-17)34-15-20(32)14-27-3/h9-13,16,18,20,26-28,32H,5-8,14-15H2,1-4H3,(H2,29,30,31). The molecule has 0 saturated carbocycles. The smallest absolute Gasteiger partial charge is 0.137 e. The Bertz CT molecular complexity index is 946. The molecule has 1 aliphatic heterocycles. The number of anilines is 3. The van der Waals surface area contributed by atoms with Crippen molar-refractivity contribution in [3.05, 3.63) is 29.8 Å². The van der Waals surface area contributed by atoms with E-state index < -0.39 is 6.10 Å². The van der Waals surface area contributed by atoms with Gasteiger partial charge in [0.15, 0.2) is 0 Å². The Labute approximate surface area is 202 Å². The SMILES string of the molecule is CNCC(O)COc1cc(NC)cc(-c2cc(NC3CCOCC3)c(C=N)c(NC(C)C)n2)c1. The van der Waals surface area contributed by atoms with Crippen LogP contribution in [0.4, 0.5) is 17.2 Å². The fourth-order valence-corrected chi connectivity index (χ4v) is 3.88. The zero-order chi connectivity index (χ0) is 24.5. The minimum Gasteiger partial charge on any atom is -0.491 e. The number of likely N-dealkylation sites (N-methyl/N-ethyl adjacent to an activating group) is 1. The zero-order valence-corrected chi connectivity index (χ0v) is 20.6. The normalized spacial score (nSPS) is 15.1. The second-order valence-corrected chi connectivity index (χ2v) is 8.81. The summed E-state index contributed by atoms with van der Waals surface area (Å²) in [4.78, 5) is 4.88. The molecule has 0 spiro atoms. The molecule has 34 heavy (non-hydrogen) atoms. The highest BCUT2D eigenvalue weighted by molar-refractivity contribution is 5.94. The molecular formula is C25H38N6O3. The molecule has 9 nitrogen and oxygen atoms in total. The van der Waals surface area contributed by atoms with Crippen LogP contribution in [0.1, 0.15) is 32.3 Å². The van der Waals surface area contributed by atoms with Gasteiger partial charge in [-0.05, 0) is 51.9 Å². The van der Waals surface area contributed by atoms with Crippen molar-refractivity contribution in [2.24, 2.45) is 0 Å². The highest BCUT2D eigenvalue weighted by atomic mass is 16.5. The van der Waals surface area contributed by atoms with Crippen molar-refractivity contribution in [3.63, 3.8) is 0 Å². The van der Waals surface area contributed by atoms with Gasteiger partial charge >= 0.3 is 0 Å². The number of rotatable bonds is 12. The molecule has 1 aromatic carbocycles. The monoisotopic (exact) mass is 470 g/mol. The van der Waals surface area contributed by atoms with E-state index in [-0.39, 0.29) is 18.7 Å². The first-order chi connectivity index (χ1) is 16.4. The quantitative estimate of drug-likeness (QED) is 0.262. The molecule has 1 fully saturated rings. The average Bonchev–Trinajstić information content (AvgIpc) is 2.83. The lowest BCUT2D eigenvalue weighted by Crippen LogP contribution is -2.29. The van der Waals surface area contributed by atoms with Crippen molar-refractivity contribution in [2.75, 3.05) is 56.4 Å². The molecule has 1 saturated heterocycles. The molecule has 1 aliphatic rings. The topological polar surface area (TPSA) is 124 Å². The van der Waals surface area contributed by atoms with Crippen LogP contribution in [0.3, 0.4) is 0 Å². The molecule has 1 aromatic heterocycles. The maximum Gasteiger partial charge on any atom is 0.137 e. The van der Waals surface area contributed by atoms with Crippen molar-refractivity contribution < 1.29 is 14.6 Å². The van der Waals surface area contributed by atoms with Crippen LogP contribution in [-0.4, -0.2) is 75.0 Å². The molecule has 3 rings (SSSR count). The molecule has 1 atom stereocenters. The van der Waals surface area contributed by atoms with Gasteiger partial charge in [-0.1, -0.05) is 0 Å². The number of nitrogens with one attached hydrogen (secondary N) is 5. The van der Waals surface area contributed by atoms with Crippen LogP contribution in [0.2, 0.25) is 0 Å². The van der Waals surface area contributed by atoms with Crippen molar-refractivity contribution in [1.82, 2.24) is 10.3 Å². The Balaban J connectivity index is 2.00. The van der Waals surface area contributed by atoms with E-state index in [9.17, 15) is 5.11 Å². The number of hydrogen-bond donors (Lipinski definition) is 6. The molecule has 0 aliphatic carbocycles. The number of ether oxygens (including phenoxy) is 2. The summed E-state index contributed by atoms with van der Waals surface area (Å²) in [7, 11) is 3.65. The number of aromatic nitrogens is 1. The highest BCUT2D eigenvalue weighted by Gasteiger charge is 2.19. The first kappa shape index (κ1) is 25.7. The van der Waals surface area contributed by atoms with Gasteiger partial charge in [0.05, 0.1) is 11.3 Å². The molecule has 186 valence electrons. The Morgan fingerprint density at radius 3 is 2.62 bits per heavy atom. The van der Waals surface area contributed by atoms with Crippen LogP contribution in [0.25, 0.3) is 11.3 Å². The van der Waals surface area contributed by atoms with Gasteiger partial charge < -0.3 is 41.3 Å².